The predicted molar refractivity (Wildman–Crippen MR) is 71.6 cm³/mol. The molecule has 1 N–H and O–H groups in total. The van der Waals surface area contributed by atoms with Crippen molar-refractivity contribution in [1.29, 1.82) is 5.26 Å². The fourth-order valence-electron chi connectivity index (χ4n) is 2.44. The number of nitrogens with one attached hydrogen (secondary N) is 1. The van der Waals surface area contributed by atoms with Crippen molar-refractivity contribution in [2.75, 3.05) is 5.32 Å². The van der Waals surface area contributed by atoms with Crippen LogP contribution in [0.1, 0.15) is 31.2 Å². The van der Waals surface area contributed by atoms with Crippen LogP contribution in [0.4, 0.5) is 18.9 Å². The molecule has 112 valence electrons. The topological polar surface area (TPSA) is 52.9 Å². The van der Waals surface area contributed by atoms with E-state index in [1.807, 2.05) is 6.07 Å². The van der Waals surface area contributed by atoms with E-state index in [9.17, 15) is 23.2 Å². The van der Waals surface area contributed by atoms with Crippen molar-refractivity contribution in [3.63, 3.8) is 0 Å². The predicted octanol–water partition coefficient (Wildman–Crippen LogP) is 4.38. The minimum atomic E-state index is -4.55. The number of rotatable bonds is 2. The Hall–Kier alpha value is -1.74. The Kier molecular flexibility index (Phi) is 4.15. The number of anilines is 1. The highest BCUT2D eigenvalue weighted by Gasteiger charge is 2.41. The number of nitrogens with zero attached hydrogens (tertiary/aromatic N) is 1. The maximum atomic E-state index is 12.7. The lowest BCUT2D eigenvalue weighted by Crippen LogP contribution is -2.32. The Morgan fingerprint density at radius 3 is 2.43 bits per heavy atom. The van der Waals surface area contributed by atoms with Gasteiger partial charge in [-0.15, -0.1) is 0 Å². The zero-order chi connectivity index (χ0) is 15.7. The van der Waals surface area contributed by atoms with E-state index in [1.54, 1.807) is 0 Å². The van der Waals surface area contributed by atoms with Crippen molar-refractivity contribution >= 4 is 23.2 Å². The molecule has 0 aromatic heterocycles. The van der Waals surface area contributed by atoms with Gasteiger partial charge in [-0.3, -0.25) is 4.79 Å². The van der Waals surface area contributed by atoms with Crippen LogP contribution >= 0.6 is 11.6 Å². The molecule has 1 aliphatic carbocycles. The first kappa shape index (κ1) is 15.6. The molecule has 0 unspecified atom stereocenters. The summed E-state index contributed by atoms with van der Waals surface area (Å²) in [5, 5.41) is 11.4. The van der Waals surface area contributed by atoms with Crippen LogP contribution < -0.4 is 5.32 Å². The Morgan fingerprint density at radius 1 is 1.29 bits per heavy atom. The van der Waals surface area contributed by atoms with Crippen LogP contribution in [-0.2, 0) is 11.0 Å². The molecule has 7 heteroatoms. The molecule has 0 atom stereocenters. The zero-order valence-electron chi connectivity index (χ0n) is 10.9. The number of carbonyl (C=O) groups is 1. The van der Waals surface area contributed by atoms with Gasteiger partial charge in [0, 0.05) is 10.7 Å². The maximum absolute atomic E-state index is 12.7. The van der Waals surface area contributed by atoms with Gasteiger partial charge in [-0.2, -0.15) is 18.4 Å². The van der Waals surface area contributed by atoms with Gasteiger partial charge in [-0.05, 0) is 31.0 Å². The van der Waals surface area contributed by atoms with Crippen molar-refractivity contribution in [2.45, 2.75) is 31.9 Å². The van der Waals surface area contributed by atoms with Crippen LogP contribution in [0.2, 0.25) is 5.02 Å². The van der Waals surface area contributed by atoms with Crippen LogP contribution in [0, 0.1) is 16.7 Å². The van der Waals surface area contributed by atoms with Gasteiger partial charge >= 0.3 is 6.18 Å². The molecule has 1 aromatic carbocycles. The largest absolute Gasteiger partial charge is 0.416 e. The summed E-state index contributed by atoms with van der Waals surface area (Å²) >= 11 is 5.65. The lowest BCUT2D eigenvalue weighted by Gasteiger charge is -2.20. The van der Waals surface area contributed by atoms with Crippen molar-refractivity contribution in [2.24, 2.45) is 5.41 Å². The highest BCUT2D eigenvalue weighted by atomic mass is 35.5. The Morgan fingerprint density at radius 2 is 1.90 bits per heavy atom. The molecule has 0 spiro atoms. The lowest BCUT2D eigenvalue weighted by atomic mass is 9.87. The molecule has 1 amide bonds. The van der Waals surface area contributed by atoms with Gasteiger partial charge < -0.3 is 5.32 Å². The molecule has 3 nitrogen and oxygen atoms in total. The number of amides is 1. The highest BCUT2D eigenvalue weighted by molar-refractivity contribution is 6.31. The van der Waals surface area contributed by atoms with E-state index in [-0.39, 0.29) is 10.7 Å². The average Bonchev–Trinajstić information content (AvgIpc) is 2.87. The first-order valence-electron chi connectivity index (χ1n) is 6.37. The smallest absolute Gasteiger partial charge is 0.325 e. The third-order valence-corrected chi connectivity index (χ3v) is 3.81. The Balaban J connectivity index is 2.26. The third kappa shape index (κ3) is 3.30. The van der Waals surface area contributed by atoms with Crippen molar-refractivity contribution in [1.82, 2.24) is 0 Å². The van der Waals surface area contributed by atoms with E-state index in [4.69, 9.17) is 11.6 Å². The summed E-state index contributed by atoms with van der Waals surface area (Å²) in [4.78, 5) is 12.2. The van der Waals surface area contributed by atoms with E-state index in [1.165, 1.54) is 6.07 Å². The highest BCUT2D eigenvalue weighted by Crippen LogP contribution is 2.39. The van der Waals surface area contributed by atoms with Crippen molar-refractivity contribution < 1.29 is 18.0 Å². The van der Waals surface area contributed by atoms with Gasteiger partial charge in [0.15, 0.2) is 0 Å². The summed E-state index contributed by atoms with van der Waals surface area (Å²) in [6.07, 6.45) is -2.21. The van der Waals surface area contributed by atoms with Gasteiger partial charge in [0.05, 0.1) is 11.6 Å². The first-order valence-corrected chi connectivity index (χ1v) is 6.75. The average molecular weight is 317 g/mol. The fraction of sp³-hybridized carbons (Fsp3) is 0.429. The van der Waals surface area contributed by atoms with Crippen LogP contribution in [0.25, 0.3) is 0 Å². The van der Waals surface area contributed by atoms with Crippen LogP contribution in [0.15, 0.2) is 18.2 Å². The van der Waals surface area contributed by atoms with Crippen LogP contribution in [-0.4, -0.2) is 5.91 Å². The van der Waals surface area contributed by atoms with E-state index in [2.05, 4.69) is 5.32 Å². The summed E-state index contributed by atoms with van der Waals surface area (Å²) < 4.78 is 38.1. The molecule has 1 aliphatic rings. The van der Waals surface area contributed by atoms with Crippen LogP contribution in [0.5, 0.6) is 0 Å². The second-order valence-electron chi connectivity index (χ2n) is 5.08. The van der Waals surface area contributed by atoms with E-state index in [0.29, 0.717) is 12.8 Å². The molecule has 0 heterocycles. The summed E-state index contributed by atoms with van der Waals surface area (Å²) in [5.74, 6) is -0.571. The number of carbonyl (C=O) groups excluding carboxylic acids is 1. The molecule has 21 heavy (non-hydrogen) atoms. The van der Waals surface area contributed by atoms with Gasteiger partial charge in [0.1, 0.15) is 5.41 Å². The van der Waals surface area contributed by atoms with Gasteiger partial charge in [0.25, 0.3) is 0 Å². The normalized spacial score (nSPS) is 17.3. The SMILES string of the molecule is N#CC1(C(=O)Nc2cc(Cl)cc(C(F)(F)F)c2)CCCC1. The molecule has 1 fully saturated rings. The minimum absolute atomic E-state index is 0.0543. The number of hydrogen-bond donors (Lipinski definition) is 1. The minimum Gasteiger partial charge on any atom is -0.325 e. The number of hydrogen-bond acceptors (Lipinski definition) is 2. The summed E-state index contributed by atoms with van der Waals surface area (Å²) in [6.45, 7) is 0. The van der Waals surface area contributed by atoms with E-state index in [0.717, 1.165) is 25.0 Å². The fourth-order valence-corrected chi connectivity index (χ4v) is 2.68. The van der Waals surface area contributed by atoms with Crippen LogP contribution in [0.3, 0.4) is 0 Å². The van der Waals surface area contributed by atoms with Gasteiger partial charge in [-0.1, -0.05) is 24.4 Å². The summed E-state index contributed by atoms with van der Waals surface area (Å²) in [7, 11) is 0. The summed E-state index contributed by atoms with van der Waals surface area (Å²) in [6, 6.07) is 4.81. The maximum Gasteiger partial charge on any atom is 0.416 e. The molecule has 0 bridgehead atoms. The van der Waals surface area contributed by atoms with E-state index >= 15 is 0 Å². The molecular weight excluding hydrogens is 305 g/mol. The molecule has 0 radical (unpaired) electrons. The second kappa shape index (κ2) is 5.57. The molecule has 1 aromatic rings. The van der Waals surface area contributed by atoms with Crippen molar-refractivity contribution in [3.8, 4) is 6.07 Å². The van der Waals surface area contributed by atoms with Gasteiger partial charge in [-0.25, -0.2) is 0 Å². The Bertz CT molecular complexity index is 601. The molecule has 1 saturated carbocycles. The standard InChI is InChI=1S/C14H12ClF3N2O/c15-10-5-9(14(16,17)18)6-11(7-10)20-12(21)13(8-19)3-1-2-4-13/h5-7H,1-4H2,(H,20,21). The lowest BCUT2D eigenvalue weighted by molar-refractivity contribution is -0.137. The first-order chi connectivity index (χ1) is 9.77. The number of benzene rings is 1. The number of halogens is 4. The third-order valence-electron chi connectivity index (χ3n) is 3.59. The monoisotopic (exact) mass is 316 g/mol. The van der Waals surface area contributed by atoms with Crippen molar-refractivity contribution in [3.05, 3.63) is 28.8 Å². The molecular formula is C14H12ClF3N2O. The molecule has 2 rings (SSSR count). The number of nitriles is 1. The van der Waals surface area contributed by atoms with E-state index < -0.39 is 23.1 Å². The number of alkyl halides is 3. The molecule has 0 saturated heterocycles. The van der Waals surface area contributed by atoms with Gasteiger partial charge in [0.2, 0.25) is 5.91 Å². The molecule has 0 aliphatic heterocycles. The quantitative estimate of drug-likeness (QED) is 0.880. The zero-order valence-corrected chi connectivity index (χ0v) is 11.7. The second-order valence-corrected chi connectivity index (χ2v) is 5.52. The summed E-state index contributed by atoms with van der Waals surface area (Å²) in [5.41, 5.74) is -2.15. The Labute approximate surface area is 124 Å².